The van der Waals surface area contributed by atoms with Crippen LogP contribution in [0.4, 0.5) is 0 Å². The van der Waals surface area contributed by atoms with Crippen molar-refractivity contribution in [2.45, 2.75) is 38.8 Å². The highest BCUT2D eigenvalue weighted by atomic mass is 16.5. The monoisotopic (exact) mass is 558 g/mol. The Morgan fingerprint density at radius 1 is 0.833 bits per heavy atom. The fourth-order valence-electron chi connectivity index (χ4n) is 5.46. The number of hydrogen-bond acceptors (Lipinski definition) is 4. The molecule has 2 amide bonds. The lowest BCUT2D eigenvalue weighted by Crippen LogP contribution is -2.38. The molecule has 1 heterocycles. The van der Waals surface area contributed by atoms with E-state index in [4.69, 9.17) is 4.74 Å². The lowest BCUT2D eigenvalue weighted by molar-refractivity contribution is -0.140. The van der Waals surface area contributed by atoms with Crippen LogP contribution in [0.5, 0.6) is 0 Å². The van der Waals surface area contributed by atoms with Gasteiger partial charge in [0.05, 0.1) is 24.8 Å². The van der Waals surface area contributed by atoms with Crippen molar-refractivity contribution in [1.82, 2.24) is 10.2 Å². The lowest BCUT2D eigenvalue weighted by atomic mass is 9.83. The first-order valence-electron chi connectivity index (χ1n) is 14.2. The highest BCUT2D eigenvalue weighted by Gasteiger charge is 2.36. The van der Waals surface area contributed by atoms with Crippen molar-refractivity contribution in [3.05, 3.63) is 154 Å². The number of carbonyl (C=O) groups excluding carboxylic acids is 3. The van der Waals surface area contributed by atoms with Crippen LogP contribution in [0.2, 0.25) is 0 Å². The molecule has 4 aromatic rings. The summed E-state index contributed by atoms with van der Waals surface area (Å²) in [5.41, 5.74) is 5.36. The number of esters is 1. The van der Waals surface area contributed by atoms with Gasteiger partial charge in [-0.25, -0.2) is 4.79 Å². The second-order valence-electron chi connectivity index (χ2n) is 10.3. The Morgan fingerprint density at radius 3 is 1.93 bits per heavy atom. The molecule has 1 aliphatic rings. The molecular formula is C36H34N2O4. The molecule has 0 fully saturated rings. The van der Waals surface area contributed by atoms with E-state index in [1.807, 2.05) is 103 Å². The summed E-state index contributed by atoms with van der Waals surface area (Å²) in [6.45, 7) is 4.11. The Morgan fingerprint density at radius 2 is 1.38 bits per heavy atom. The number of benzene rings is 4. The Hall–Kier alpha value is -4.97. The van der Waals surface area contributed by atoms with Crippen molar-refractivity contribution in [1.29, 1.82) is 0 Å². The average molecular weight is 559 g/mol. The molecule has 6 nitrogen and oxygen atoms in total. The molecule has 1 unspecified atom stereocenters. The molecular weight excluding hydrogens is 524 g/mol. The first-order valence-corrected chi connectivity index (χ1v) is 14.2. The molecule has 5 rings (SSSR count). The number of nitrogens with zero attached hydrogens (tertiary/aromatic N) is 1. The molecule has 1 atom stereocenters. The van der Waals surface area contributed by atoms with E-state index < -0.39 is 5.97 Å². The summed E-state index contributed by atoms with van der Waals surface area (Å²) in [4.78, 5) is 41.4. The van der Waals surface area contributed by atoms with Gasteiger partial charge in [0.15, 0.2) is 0 Å². The molecule has 212 valence electrons. The van der Waals surface area contributed by atoms with E-state index in [9.17, 15) is 14.4 Å². The van der Waals surface area contributed by atoms with Crippen molar-refractivity contribution in [2.24, 2.45) is 0 Å². The largest absolute Gasteiger partial charge is 0.463 e. The summed E-state index contributed by atoms with van der Waals surface area (Å²) in [6, 6.07) is 36.3. The van der Waals surface area contributed by atoms with E-state index in [2.05, 4.69) is 5.32 Å². The van der Waals surface area contributed by atoms with E-state index in [0.29, 0.717) is 16.8 Å². The van der Waals surface area contributed by atoms with Crippen molar-refractivity contribution in [3.63, 3.8) is 0 Å². The molecule has 0 bridgehead atoms. The standard InChI is InChI=1S/C36H34N2O4/c1-3-42-36(41)33-25(2)38(32(39)23-31(33)27-13-7-4-8-14-27)24-26-19-21-30(22-20-26)35(40)37-34(28-15-9-5-10-16-28)29-17-11-6-12-18-29/h4-22,31,34H,3,23-24H2,1-2H3,(H,37,40). The van der Waals surface area contributed by atoms with Gasteiger partial charge in [0.1, 0.15) is 0 Å². The molecule has 0 radical (unpaired) electrons. The first kappa shape index (κ1) is 28.6. The van der Waals surface area contributed by atoms with E-state index >= 15 is 0 Å². The van der Waals surface area contributed by atoms with Gasteiger partial charge in [-0.3, -0.25) is 9.59 Å². The van der Waals surface area contributed by atoms with Crippen LogP contribution >= 0.6 is 0 Å². The zero-order valence-corrected chi connectivity index (χ0v) is 23.8. The Kier molecular flexibility index (Phi) is 8.93. The van der Waals surface area contributed by atoms with Crippen molar-refractivity contribution >= 4 is 17.8 Å². The molecule has 0 saturated carbocycles. The molecule has 0 saturated heterocycles. The van der Waals surface area contributed by atoms with Crippen molar-refractivity contribution in [3.8, 4) is 0 Å². The fourth-order valence-corrected chi connectivity index (χ4v) is 5.46. The summed E-state index contributed by atoms with van der Waals surface area (Å²) in [5.74, 6) is -1.02. The van der Waals surface area contributed by atoms with E-state index in [-0.39, 0.29) is 43.3 Å². The van der Waals surface area contributed by atoms with Gasteiger partial charge in [0, 0.05) is 23.6 Å². The number of amides is 2. The van der Waals surface area contributed by atoms with Gasteiger partial charge in [-0.1, -0.05) is 103 Å². The van der Waals surface area contributed by atoms with Crippen LogP contribution in [0.3, 0.4) is 0 Å². The maximum Gasteiger partial charge on any atom is 0.336 e. The molecule has 1 aliphatic heterocycles. The van der Waals surface area contributed by atoms with Crippen LogP contribution in [-0.2, 0) is 20.9 Å². The highest BCUT2D eigenvalue weighted by Crippen LogP contribution is 2.37. The van der Waals surface area contributed by atoms with Crippen LogP contribution in [0.1, 0.15) is 64.8 Å². The summed E-state index contributed by atoms with van der Waals surface area (Å²) in [7, 11) is 0. The van der Waals surface area contributed by atoms with Crippen LogP contribution in [0, 0.1) is 0 Å². The Labute approximate surface area is 246 Å². The summed E-state index contributed by atoms with van der Waals surface area (Å²) in [5, 5.41) is 3.17. The smallest absolute Gasteiger partial charge is 0.336 e. The molecule has 0 aromatic heterocycles. The van der Waals surface area contributed by atoms with Crippen LogP contribution in [0.15, 0.2) is 127 Å². The van der Waals surface area contributed by atoms with E-state index in [1.165, 1.54) is 0 Å². The lowest BCUT2D eigenvalue weighted by Gasteiger charge is -2.34. The number of allylic oxidation sites excluding steroid dienone is 1. The normalized spacial score (nSPS) is 15.1. The topological polar surface area (TPSA) is 75.7 Å². The summed E-state index contributed by atoms with van der Waals surface area (Å²) in [6.07, 6.45) is 0.177. The molecule has 6 heteroatoms. The maximum absolute atomic E-state index is 13.4. The first-order chi connectivity index (χ1) is 20.5. The number of ether oxygens (including phenoxy) is 1. The molecule has 0 aliphatic carbocycles. The van der Waals surface area contributed by atoms with Gasteiger partial charge in [0.25, 0.3) is 5.91 Å². The molecule has 4 aromatic carbocycles. The zero-order chi connectivity index (χ0) is 29.5. The maximum atomic E-state index is 13.4. The molecule has 1 N–H and O–H groups in total. The van der Waals surface area contributed by atoms with Gasteiger partial charge >= 0.3 is 5.97 Å². The number of carbonyl (C=O) groups is 3. The van der Waals surface area contributed by atoms with Crippen LogP contribution in [-0.4, -0.2) is 29.3 Å². The van der Waals surface area contributed by atoms with Gasteiger partial charge in [-0.2, -0.15) is 0 Å². The third-order valence-corrected chi connectivity index (χ3v) is 7.62. The zero-order valence-electron chi connectivity index (χ0n) is 23.8. The van der Waals surface area contributed by atoms with Gasteiger partial charge < -0.3 is 15.0 Å². The SMILES string of the molecule is CCOC(=O)C1=C(C)N(Cc2ccc(C(=O)NC(c3ccccc3)c3ccccc3)cc2)C(=O)CC1c1ccccc1. The minimum atomic E-state index is -0.403. The summed E-state index contributed by atoms with van der Waals surface area (Å²) < 4.78 is 5.40. The number of nitrogens with one attached hydrogen (secondary N) is 1. The van der Waals surface area contributed by atoms with Crippen LogP contribution in [0.25, 0.3) is 0 Å². The minimum Gasteiger partial charge on any atom is -0.463 e. The summed E-state index contributed by atoms with van der Waals surface area (Å²) >= 11 is 0. The van der Waals surface area contributed by atoms with Crippen LogP contribution < -0.4 is 5.32 Å². The van der Waals surface area contributed by atoms with Gasteiger partial charge in [0.2, 0.25) is 5.91 Å². The quantitative estimate of drug-likeness (QED) is 0.236. The third kappa shape index (κ3) is 6.33. The third-order valence-electron chi connectivity index (χ3n) is 7.62. The van der Waals surface area contributed by atoms with Crippen molar-refractivity contribution < 1.29 is 19.1 Å². The van der Waals surface area contributed by atoms with E-state index in [1.54, 1.807) is 30.9 Å². The fraction of sp³-hybridized carbons (Fsp3) is 0.194. The predicted molar refractivity (Wildman–Crippen MR) is 162 cm³/mol. The molecule has 42 heavy (non-hydrogen) atoms. The highest BCUT2D eigenvalue weighted by molar-refractivity contribution is 5.96. The molecule has 0 spiro atoms. The minimum absolute atomic E-state index is 0.0650. The second kappa shape index (κ2) is 13.1. The number of rotatable bonds is 9. The Bertz CT molecular complexity index is 1530. The second-order valence-corrected chi connectivity index (χ2v) is 10.3. The predicted octanol–water partition coefficient (Wildman–Crippen LogP) is 6.56. The average Bonchev–Trinajstić information content (AvgIpc) is 3.03. The van der Waals surface area contributed by atoms with Crippen molar-refractivity contribution in [2.75, 3.05) is 6.61 Å². The van der Waals surface area contributed by atoms with Gasteiger partial charge in [-0.05, 0) is 48.2 Å². The van der Waals surface area contributed by atoms with E-state index in [0.717, 1.165) is 22.3 Å². The Balaban J connectivity index is 1.36. The number of hydrogen-bond donors (Lipinski definition) is 1. The van der Waals surface area contributed by atoms with Gasteiger partial charge in [-0.15, -0.1) is 0 Å².